The van der Waals surface area contributed by atoms with E-state index in [1.54, 1.807) is 0 Å². The first-order chi connectivity index (χ1) is 4.04. The molecule has 0 heterocycles. The van der Waals surface area contributed by atoms with Gasteiger partial charge in [0, 0.05) is 18.4 Å². The van der Waals surface area contributed by atoms with Gasteiger partial charge in [-0.1, -0.05) is 0 Å². The number of nitrogens with two attached hydrogens (primary N) is 1. The van der Waals surface area contributed by atoms with Gasteiger partial charge in [0.05, 0.1) is 5.97 Å². The molecule has 0 aliphatic carbocycles. The summed E-state index contributed by atoms with van der Waals surface area (Å²) >= 11 is 0. The van der Waals surface area contributed by atoms with Crippen LogP contribution < -0.4 is 15.9 Å². The maximum absolute atomic E-state index is 9.71. The Morgan fingerprint density at radius 3 is 1.90 bits per heavy atom. The zero-order valence-electron chi connectivity index (χ0n) is 5.20. The molecule has 0 aliphatic rings. The molecule has 6 heteroatoms. The van der Waals surface area contributed by atoms with E-state index in [-0.39, 0.29) is 23.1 Å². The Kier molecular flexibility index (Phi) is 6.73. The maximum atomic E-state index is 9.71. The zero-order chi connectivity index (χ0) is 7.44. The number of carboxylic acids is 2. The third kappa shape index (κ3) is 5.80. The fraction of sp³-hybridized carbons (Fsp3) is 0.500. The number of carbonyl (C=O) groups is 2. The fourth-order valence-corrected chi connectivity index (χ4v) is 0.263. The molecule has 0 saturated heterocycles. The minimum absolute atomic E-state index is 0. The molecule has 0 bridgehead atoms. The number of carboxylic acid groups (broad SMARTS) is 2. The maximum Gasteiger partial charge on any atom is 2.00 e. The predicted molar refractivity (Wildman–Crippen MR) is 28.4 cm³/mol. The molecular formula is C4H5MgNO4. The standard InChI is InChI=1S/C4H7NO4.Mg/c5-2(4(8)9)1-3(6)7;/h2H,1,5H2,(H,6,7)(H,8,9);/q;+2/p-2. The Morgan fingerprint density at radius 1 is 1.40 bits per heavy atom. The summed E-state index contributed by atoms with van der Waals surface area (Å²) in [7, 11) is 0. The molecule has 0 aromatic heterocycles. The van der Waals surface area contributed by atoms with Crippen molar-refractivity contribution in [2.24, 2.45) is 5.73 Å². The minimum Gasteiger partial charge on any atom is -0.550 e. The second-order valence-corrected chi connectivity index (χ2v) is 1.50. The van der Waals surface area contributed by atoms with Gasteiger partial charge in [-0.3, -0.25) is 0 Å². The van der Waals surface area contributed by atoms with E-state index in [4.69, 9.17) is 5.73 Å². The van der Waals surface area contributed by atoms with Crippen molar-refractivity contribution in [3.05, 3.63) is 0 Å². The van der Waals surface area contributed by atoms with Crippen LogP contribution in [0.4, 0.5) is 0 Å². The van der Waals surface area contributed by atoms with Crippen LogP contribution in [0.5, 0.6) is 0 Å². The van der Waals surface area contributed by atoms with Crippen LogP contribution >= 0.6 is 0 Å². The molecule has 0 spiro atoms. The van der Waals surface area contributed by atoms with Crippen molar-refractivity contribution >= 4 is 35.0 Å². The summed E-state index contributed by atoms with van der Waals surface area (Å²) < 4.78 is 0. The van der Waals surface area contributed by atoms with Gasteiger partial charge in [-0.15, -0.1) is 0 Å². The van der Waals surface area contributed by atoms with Crippen molar-refractivity contribution in [3.63, 3.8) is 0 Å². The van der Waals surface area contributed by atoms with Crippen molar-refractivity contribution in [1.29, 1.82) is 0 Å². The number of carbonyl (C=O) groups excluding carboxylic acids is 2. The molecule has 0 aliphatic heterocycles. The first-order valence-electron chi connectivity index (χ1n) is 2.20. The van der Waals surface area contributed by atoms with Crippen LogP contribution in [0.3, 0.4) is 0 Å². The third-order valence-electron chi connectivity index (χ3n) is 0.689. The van der Waals surface area contributed by atoms with Crippen LogP contribution in [0.15, 0.2) is 0 Å². The molecule has 1 atom stereocenters. The Bertz CT molecular complexity index is 137. The summed E-state index contributed by atoms with van der Waals surface area (Å²) in [6.07, 6.45) is -0.706. The van der Waals surface area contributed by atoms with Crippen molar-refractivity contribution < 1.29 is 19.8 Å². The first kappa shape index (κ1) is 12.4. The summed E-state index contributed by atoms with van der Waals surface area (Å²) in [6, 6.07) is -1.46. The molecule has 0 aromatic rings. The Labute approximate surface area is 73.4 Å². The molecule has 0 amide bonds. The van der Waals surface area contributed by atoms with Crippen LogP contribution in [-0.4, -0.2) is 41.0 Å². The van der Waals surface area contributed by atoms with E-state index >= 15 is 0 Å². The first-order valence-corrected chi connectivity index (χ1v) is 2.20. The molecule has 52 valence electrons. The molecule has 10 heavy (non-hydrogen) atoms. The molecule has 2 N–H and O–H groups in total. The van der Waals surface area contributed by atoms with Gasteiger partial charge in [-0.05, 0) is 0 Å². The summed E-state index contributed by atoms with van der Waals surface area (Å²) in [5, 5.41) is 19.3. The summed E-state index contributed by atoms with van der Waals surface area (Å²) in [5.74, 6) is -3.08. The monoisotopic (exact) mass is 155 g/mol. The number of hydrogen-bond acceptors (Lipinski definition) is 5. The number of hydrogen-bond donors (Lipinski definition) is 1. The Morgan fingerprint density at radius 2 is 1.80 bits per heavy atom. The van der Waals surface area contributed by atoms with Crippen LogP contribution in [0, 0.1) is 0 Å². The minimum atomic E-state index is -1.58. The quantitative estimate of drug-likeness (QED) is 0.416. The smallest absolute Gasteiger partial charge is 0.550 e. The van der Waals surface area contributed by atoms with Crippen LogP contribution in [-0.2, 0) is 9.59 Å². The molecule has 0 radical (unpaired) electrons. The normalized spacial score (nSPS) is 11.3. The van der Waals surface area contributed by atoms with Crippen LogP contribution in [0.2, 0.25) is 0 Å². The SMILES string of the molecule is NC(CC(=O)[O-])C(=O)[O-].[Mg+2]. The molecule has 0 saturated carbocycles. The van der Waals surface area contributed by atoms with E-state index in [1.807, 2.05) is 0 Å². The Balaban J connectivity index is 0. The number of aliphatic carboxylic acids is 2. The van der Waals surface area contributed by atoms with Gasteiger partial charge in [0.2, 0.25) is 0 Å². The summed E-state index contributed by atoms with van der Waals surface area (Å²) in [6.45, 7) is 0. The second-order valence-electron chi connectivity index (χ2n) is 1.50. The van der Waals surface area contributed by atoms with E-state index in [0.29, 0.717) is 0 Å². The van der Waals surface area contributed by atoms with Crippen molar-refractivity contribution in [1.82, 2.24) is 0 Å². The zero-order valence-corrected chi connectivity index (χ0v) is 6.62. The van der Waals surface area contributed by atoms with Gasteiger partial charge in [-0.25, -0.2) is 0 Å². The van der Waals surface area contributed by atoms with Crippen molar-refractivity contribution in [3.8, 4) is 0 Å². The van der Waals surface area contributed by atoms with E-state index < -0.39 is 24.4 Å². The number of rotatable bonds is 3. The molecule has 0 aromatic carbocycles. The average Bonchev–Trinajstić information content (AvgIpc) is 1.63. The predicted octanol–water partition coefficient (Wildman–Crippen LogP) is -4.18. The Hall–Kier alpha value is -0.334. The van der Waals surface area contributed by atoms with Crippen LogP contribution in [0.25, 0.3) is 0 Å². The average molecular weight is 155 g/mol. The van der Waals surface area contributed by atoms with Gasteiger partial charge in [0.1, 0.15) is 0 Å². The van der Waals surface area contributed by atoms with Gasteiger partial charge >= 0.3 is 23.1 Å². The van der Waals surface area contributed by atoms with Gasteiger partial charge < -0.3 is 25.5 Å². The summed E-state index contributed by atoms with van der Waals surface area (Å²) in [5.41, 5.74) is 4.73. The topological polar surface area (TPSA) is 106 Å². The third-order valence-corrected chi connectivity index (χ3v) is 0.689. The molecule has 0 fully saturated rings. The van der Waals surface area contributed by atoms with Crippen molar-refractivity contribution in [2.45, 2.75) is 12.5 Å². The molecular weight excluding hydrogens is 150 g/mol. The molecule has 0 rings (SSSR count). The van der Waals surface area contributed by atoms with Crippen molar-refractivity contribution in [2.75, 3.05) is 0 Å². The second kappa shape index (κ2) is 5.45. The van der Waals surface area contributed by atoms with Gasteiger partial charge in [0.25, 0.3) is 0 Å². The fourth-order valence-electron chi connectivity index (χ4n) is 0.263. The van der Waals surface area contributed by atoms with Crippen LogP contribution in [0.1, 0.15) is 6.42 Å². The van der Waals surface area contributed by atoms with E-state index in [1.165, 1.54) is 0 Å². The molecule has 1 unspecified atom stereocenters. The largest absolute Gasteiger partial charge is 2.00 e. The van der Waals surface area contributed by atoms with Gasteiger partial charge in [-0.2, -0.15) is 0 Å². The summed E-state index contributed by atoms with van der Waals surface area (Å²) in [4.78, 5) is 19.3. The van der Waals surface area contributed by atoms with E-state index in [0.717, 1.165) is 0 Å². The van der Waals surface area contributed by atoms with Gasteiger partial charge in [0.15, 0.2) is 0 Å². The van der Waals surface area contributed by atoms with E-state index in [9.17, 15) is 19.8 Å². The molecule has 5 nitrogen and oxygen atoms in total. The van der Waals surface area contributed by atoms with E-state index in [2.05, 4.69) is 0 Å².